The number of hydrogen-bond donors (Lipinski definition) is 0. The molecule has 0 aromatic heterocycles. The minimum absolute atomic E-state index is 0. The molecule has 58 valence electrons. The van der Waals surface area contributed by atoms with E-state index in [4.69, 9.17) is 0 Å². The van der Waals surface area contributed by atoms with Gasteiger partial charge in [0, 0.05) is 37.4 Å². The van der Waals surface area contributed by atoms with Crippen LogP contribution in [0.1, 0.15) is 0 Å². The average Bonchev–Trinajstić information content (AvgIpc) is 1.88. The summed E-state index contributed by atoms with van der Waals surface area (Å²) >= 11 is 0. The summed E-state index contributed by atoms with van der Waals surface area (Å²) in [5.74, 6) is 0. The Morgan fingerprint density at radius 2 is 1.73 bits per heavy atom. The zero-order valence-corrected chi connectivity index (χ0v) is 11.0. The third-order valence-electron chi connectivity index (χ3n) is 1.12. The Morgan fingerprint density at radius 1 is 1.27 bits per heavy atom. The summed E-state index contributed by atoms with van der Waals surface area (Å²) in [7, 11) is -3.02. The van der Waals surface area contributed by atoms with Crippen molar-refractivity contribution in [1.29, 1.82) is 0 Å². The fourth-order valence-corrected chi connectivity index (χ4v) is 1.25. The molecule has 1 aromatic rings. The van der Waals surface area contributed by atoms with Gasteiger partial charge >= 0.3 is 0 Å². The van der Waals surface area contributed by atoms with Crippen LogP contribution in [-0.2, 0) is 9.84 Å². The van der Waals surface area contributed by atoms with Gasteiger partial charge in [0.25, 0.3) is 0 Å². The number of sulfone groups is 1. The van der Waals surface area contributed by atoms with E-state index in [2.05, 4.69) is 6.07 Å². The van der Waals surface area contributed by atoms with Crippen molar-refractivity contribution in [3.8, 4) is 0 Å². The molecule has 0 atom stereocenters. The summed E-state index contributed by atoms with van der Waals surface area (Å²) in [4.78, 5) is 0.339. The number of rotatable bonds is 1. The van der Waals surface area contributed by atoms with Crippen molar-refractivity contribution >= 4 is 9.84 Å². The maximum Gasteiger partial charge on any atom is 0.153 e. The molecule has 0 N–H and O–H groups in total. The Balaban J connectivity index is 0.000001000. The Labute approximate surface area is 90.3 Å². The molecule has 0 bridgehead atoms. The van der Waals surface area contributed by atoms with Gasteiger partial charge in [0.2, 0.25) is 0 Å². The largest absolute Gasteiger partial charge is 0.226 e. The first kappa shape index (κ1) is 11.2. The van der Waals surface area contributed by atoms with Gasteiger partial charge in [-0.05, 0) is 4.90 Å². The molecule has 0 saturated heterocycles. The van der Waals surface area contributed by atoms with E-state index in [1.807, 2.05) is 0 Å². The van der Waals surface area contributed by atoms with Crippen molar-refractivity contribution in [2.24, 2.45) is 0 Å². The van der Waals surface area contributed by atoms with Crippen molar-refractivity contribution in [2.45, 2.75) is 4.90 Å². The molecule has 4 heteroatoms. The maximum atomic E-state index is 10.8. The van der Waals surface area contributed by atoms with Gasteiger partial charge in [0.1, 0.15) is 0 Å². The van der Waals surface area contributed by atoms with Crippen LogP contribution in [0.5, 0.6) is 0 Å². The van der Waals surface area contributed by atoms with Crippen LogP contribution in [0.2, 0.25) is 0 Å². The van der Waals surface area contributed by atoms with Crippen LogP contribution in [-0.4, -0.2) is 14.7 Å². The number of hydrogen-bond acceptors (Lipinski definition) is 2. The second-order valence-corrected chi connectivity index (χ2v) is 4.02. The molecule has 0 spiro atoms. The smallest absolute Gasteiger partial charge is 0.153 e. The molecule has 0 heterocycles. The molecular weight excluding hydrogens is 386 g/mol. The molecule has 1 rings (SSSR count). The van der Waals surface area contributed by atoms with E-state index in [0.29, 0.717) is 4.90 Å². The van der Waals surface area contributed by atoms with E-state index in [1.165, 1.54) is 18.4 Å². The summed E-state index contributed by atoms with van der Waals surface area (Å²) in [5, 5.41) is 0. The van der Waals surface area contributed by atoms with Crippen LogP contribution in [0.4, 0.5) is 0 Å². The van der Waals surface area contributed by atoms with Gasteiger partial charge in [0.05, 0.1) is 0 Å². The molecule has 0 radical (unpaired) electrons. The van der Waals surface area contributed by atoms with Gasteiger partial charge in [-0.3, -0.25) is 0 Å². The normalized spacial score (nSPS) is 10.3. The summed E-state index contributed by atoms with van der Waals surface area (Å²) in [5.41, 5.74) is 0. The van der Waals surface area contributed by atoms with Gasteiger partial charge in [-0.15, -0.1) is 0 Å². The first-order chi connectivity index (χ1) is 4.61. The van der Waals surface area contributed by atoms with E-state index in [9.17, 15) is 8.42 Å². The first-order valence-corrected chi connectivity index (χ1v) is 4.66. The topological polar surface area (TPSA) is 34.1 Å². The monoisotopic (exact) mass is 393 g/mol. The maximum absolute atomic E-state index is 10.8. The summed E-state index contributed by atoms with van der Waals surface area (Å²) in [6.07, 6.45) is 1.18. The fraction of sp³-hybridized carbons (Fsp3) is 0.143. The van der Waals surface area contributed by atoms with Crippen molar-refractivity contribution in [3.63, 3.8) is 0 Å². The van der Waals surface area contributed by atoms with E-state index in [0.717, 1.165) is 0 Å². The van der Waals surface area contributed by atoms with Crippen molar-refractivity contribution in [3.05, 3.63) is 30.3 Å². The molecule has 1 aromatic carbocycles. The van der Waals surface area contributed by atoms with Gasteiger partial charge in [-0.1, -0.05) is 0 Å². The minimum atomic E-state index is -3.02. The van der Waals surface area contributed by atoms with Crippen LogP contribution < -0.4 is 0 Å². The van der Waals surface area contributed by atoms with Crippen molar-refractivity contribution in [1.82, 2.24) is 0 Å². The molecule has 0 saturated carbocycles. The van der Waals surface area contributed by atoms with Gasteiger partial charge < -0.3 is 0 Å². The second kappa shape index (κ2) is 4.30. The zero-order chi connectivity index (χ0) is 7.61. The van der Waals surface area contributed by atoms with Crippen LogP contribution in [0.15, 0.2) is 29.2 Å². The Kier molecular flexibility index (Phi) is 4.38. The van der Waals surface area contributed by atoms with E-state index >= 15 is 0 Å². The predicted octanol–water partition coefficient (Wildman–Crippen LogP) is 0.890. The predicted molar refractivity (Wildman–Crippen MR) is 38.4 cm³/mol. The SMILES string of the molecule is CS(=O)(=O)c1cc[c-]cc1.[U]. The standard InChI is InChI=1S/C7H7O2S.U/c1-10(8,9)7-5-3-2-4-6-7;/h3-6H,1H3;/q-1;. The van der Waals surface area contributed by atoms with Crippen LogP contribution >= 0.6 is 0 Å². The molecule has 0 aliphatic heterocycles. The summed E-state index contributed by atoms with van der Waals surface area (Å²) in [6.45, 7) is 0. The molecule has 11 heavy (non-hydrogen) atoms. The third-order valence-corrected chi connectivity index (χ3v) is 2.24. The Bertz CT molecular complexity index is 304. The van der Waals surface area contributed by atoms with Crippen LogP contribution in [0, 0.1) is 37.2 Å². The van der Waals surface area contributed by atoms with E-state index in [1.54, 1.807) is 12.1 Å². The minimum Gasteiger partial charge on any atom is -0.226 e. The van der Waals surface area contributed by atoms with Crippen LogP contribution in [0.25, 0.3) is 0 Å². The van der Waals surface area contributed by atoms with E-state index in [-0.39, 0.29) is 31.1 Å². The summed E-state index contributed by atoms with van der Waals surface area (Å²) < 4.78 is 21.6. The molecule has 0 fully saturated rings. The Morgan fingerprint density at radius 3 is 2.00 bits per heavy atom. The molecular formula is C7H7O2SU-. The quantitative estimate of drug-likeness (QED) is 0.665. The van der Waals surface area contributed by atoms with Crippen molar-refractivity contribution in [2.75, 3.05) is 6.26 Å². The van der Waals surface area contributed by atoms with Crippen molar-refractivity contribution < 1.29 is 39.5 Å². The van der Waals surface area contributed by atoms with Gasteiger partial charge in [-0.2, -0.15) is 30.3 Å². The molecule has 0 aliphatic rings. The Hall–Kier alpha value is 0.222. The first-order valence-electron chi connectivity index (χ1n) is 2.77. The molecule has 0 amide bonds. The third kappa shape index (κ3) is 3.42. The van der Waals surface area contributed by atoms with Gasteiger partial charge in [0.15, 0.2) is 9.84 Å². The zero-order valence-electron chi connectivity index (χ0n) is 6.03. The second-order valence-electron chi connectivity index (χ2n) is 2.01. The fourth-order valence-electron chi connectivity index (χ4n) is 0.619. The molecule has 0 unspecified atom stereocenters. The van der Waals surface area contributed by atoms with Crippen LogP contribution in [0.3, 0.4) is 0 Å². The number of benzene rings is 1. The van der Waals surface area contributed by atoms with Gasteiger partial charge in [-0.25, -0.2) is 8.42 Å². The average molecular weight is 393 g/mol. The molecule has 2 nitrogen and oxygen atoms in total. The van der Waals surface area contributed by atoms with E-state index < -0.39 is 9.84 Å². The molecule has 0 aliphatic carbocycles. The summed E-state index contributed by atoms with van der Waals surface area (Å²) in [6, 6.07) is 8.95.